The van der Waals surface area contributed by atoms with Crippen LogP contribution in [0.3, 0.4) is 0 Å². The molecule has 3 N–H and O–H groups in total. The molecule has 1 fully saturated rings. The molecule has 1 aromatic carbocycles. The minimum Gasteiger partial charge on any atom is -0.379 e. The molecule has 10 nitrogen and oxygen atoms in total. The lowest BCUT2D eigenvalue weighted by atomic mass is 10.1. The number of benzene rings is 1. The van der Waals surface area contributed by atoms with Gasteiger partial charge in [0.25, 0.3) is 0 Å². The van der Waals surface area contributed by atoms with E-state index in [1.807, 2.05) is 30.3 Å². The Kier molecular flexibility index (Phi) is 6.23. The van der Waals surface area contributed by atoms with E-state index in [0.29, 0.717) is 28.5 Å². The molecule has 1 aliphatic heterocycles. The van der Waals surface area contributed by atoms with Gasteiger partial charge in [-0.25, -0.2) is 9.97 Å². The third-order valence-corrected chi connectivity index (χ3v) is 5.79. The van der Waals surface area contributed by atoms with E-state index in [9.17, 15) is 9.59 Å². The first kappa shape index (κ1) is 22.9. The summed E-state index contributed by atoms with van der Waals surface area (Å²) in [6, 6.07) is 13.4. The van der Waals surface area contributed by atoms with Gasteiger partial charge in [0.05, 0.1) is 11.7 Å². The molecular weight excluding hydrogens is 456 g/mol. The highest BCUT2D eigenvalue weighted by Gasteiger charge is 2.28. The fourth-order valence-corrected chi connectivity index (χ4v) is 3.88. The number of amides is 2. The second-order valence-corrected chi connectivity index (χ2v) is 8.38. The maximum atomic E-state index is 11.7. The number of fused-ring (bicyclic) bond motifs is 1. The number of hydrogen-bond donors (Lipinski definition) is 3. The van der Waals surface area contributed by atoms with Crippen LogP contribution in [0.2, 0.25) is 0 Å². The van der Waals surface area contributed by atoms with Gasteiger partial charge in [-0.3, -0.25) is 19.6 Å². The second-order valence-electron chi connectivity index (χ2n) is 8.38. The summed E-state index contributed by atoms with van der Waals surface area (Å²) < 4.78 is 0. The SMILES string of the molecule is C=CC(=O)Nc1ccnc(-c2nccc3cnc(Nc4ccc(NC5CN(C(C)=O)C5)cc4)nc23)c1. The van der Waals surface area contributed by atoms with Gasteiger partial charge >= 0.3 is 0 Å². The van der Waals surface area contributed by atoms with Crippen molar-refractivity contribution in [2.75, 3.05) is 29.0 Å². The Morgan fingerprint density at radius 1 is 1.00 bits per heavy atom. The van der Waals surface area contributed by atoms with Gasteiger partial charge in [-0.1, -0.05) is 6.58 Å². The lowest BCUT2D eigenvalue weighted by Gasteiger charge is -2.39. The van der Waals surface area contributed by atoms with E-state index in [0.717, 1.165) is 29.9 Å². The molecule has 3 aromatic heterocycles. The molecule has 1 saturated heterocycles. The standard InChI is InChI=1S/C26H24N8O2/c1-3-23(36)31-20-9-11-27-22(12-20)25-24-17(8-10-28-25)13-29-26(33-24)32-19-6-4-18(5-7-19)30-21-14-34(15-21)16(2)35/h3-13,21,30H,1,14-15H2,2H3,(H,27,31,36)(H,29,32,33). The zero-order chi connectivity index (χ0) is 25.1. The van der Waals surface area contributed by atoms with Gasteiger partial charge in [0.1, 0.15) is 11.2 Å². The van der Waals surface area contributed by atoms with Gasteiger partial charge in [0.2, 0.25) is 17.8 Å². The van der Waals surface area contributed by atoms with Crippen LogP contribution in [0.15, 0.2) is 73.7 Å². The van der Waals surface area contributed by atoms with Crippen LogP contribution < -0.4 is 16.0 Å². The van der Waals surface area contributed by atoms with Gasteiger partial charge in [-0.05, 0) is 48.5 Å². The molecule has 0 saturated carbocycles. The van der Waals surface area contributed by atoms with Crippen molar-refractivity contribution in [1.82, 2.24) is 24.8 Å². The Hall–Kier alpha value is -4.86. The zero-order valence-corrected chi connectivity index (χ0v) is 19.6. The summed E-state index contributed by atoms with van der Waals surface area (Å²) >= 11 is 0. The van der Waals surface area contributed by atoms with Crippen molar-refractivity contribution in [1.29, 1.82) is 0 Å². The van der Waals surface area contributed by atoms with Crippen molar-refractivity contribution < 1.29 is 9.59 Å². The number of aromatic nitrogens is 4. The first-order valence-corrected chi connectivity index (χ1v) is 11.4. The van der Waals surface area contributed by atoms with E-state index in [2.05, 4.69) is 37.5 Å². The molecule has 0 aliphatic carbocycles. The van der Waals surface area contributed by atoms with Crippen LogP contribution in [0.5, 0.6) is 0 Å². The summed E-state index contributed by atoms with van der Waals surface area (Å²) in [4.78, 5) is 42.8. The molecule has 0 atom stereocenters. The average molecular weight is 481 g/mol. The fourth-order valence-electron chi connectivity index (χ4n) is 3.88. The summed E-state index contributed by atoms with van der Waals surface area (Å²) in [5.41, 5.74) is 4.17. The molecule has 0 unspecified atom stereocenters. The number of pyridine rings is 2. The Bertz CT molecular complexity index is 1450. The quantitative estimate of drug-likeness (QED) is 0.343. The molecule has 5 rings (SSSR count). The van der Waals surface area contributed by atoms with Crippen LogP contribution in [0, 0.1) is 0 Å². The number of carbonyl (C=O) groups excluding carboxylic acids is 2. The van der Waals surface area contributed by atoms with E-state index in [1.165, 1.54) is 6.08 Å². The van der Waals surface area contributed by atoms with Crippen molar-refractivity contribution in [2.45, 2.75) is 13.0 Å². The van der Waals surface area contributed by atoms with E-state index in [-0.39, 0.29) is 17.9 Å². The highest BCUT2D eigenvalue weighted by Crippen LogP contribution is 2.27. The largest absolute Gasteiger partial charge is 0.379 e. The lowest BCUT2D eigenvalue weighted by molar-refractivity contribution is -0.132. The smallest absolute Gasteiger partial charge is 0.247 e. The molecule has 0 radical (unpaired) electrons. The predicted octanol–water partition coefficient (Wildman–Crippen LogP) is 3.60. The number of rotatable bonds is 7. The Balaban J connectivity index is 1.33. The fraction of sp³-hybridized carbons (Fsp3) is 0.154. The van der Waals surface area contributed by atoms with Crippen LogP contribution in [0.1, 0.15) is 6.92 Å². The molecule has 1 aliphatic rings. The van der Waals surface area contributed by atoms with Crippen LogP contribution in [-0.2, 0) is 9.59 Å². The van der Waals surface area contributed by atoms with E-state index in [1.54, 1.807) is 42.5 Å². The van der Waals surface area contributed by atoms with Crippen molar-refractivity contribution in [3.63, 3.8) is 0 Å². The first-order chi connectivity index (χ1) is 17.5. The van der Waals surface area contributed by atoms with Gasteiger partial charge in [-0.15, -0.1) is 0 Å². The van der Waals surface area contributed by atoms with E-state index in [4.69, 9.17) is 4.98 Å². The number of hydrogen-bond acceptors (Lipinski definition) is 8. The van der Waals surface area contributed by atoms with Crippen molar-refractivity contribution in [2.24, 2.45) is 0 Å². The highest BCUT2D eigenvalue weighted by atomic mass is 16.2. The minimum absolute atomic E-state index is 0.101. The zero-order valence-electron chi connectivity index (χ0n) is 19.6. The number of carbonyl (C=O) groups is 2. The summed E-state index contributed by atoms with van der Waals surface area (Å²) in [5.74, 6) is 0.215. The van der Waals surface area contributed by atoms with Gasteiger partial charge in [-0.2, -0.15) is 0 Å². The first-order valence-electron chi connectivity index (χ1n) is 11.4. The molecule has 0 spiro atoms. The van der Waals surface area contributed by atoms with Crippen molar-refractivity contribution in [3.8, 4) is 11.4 Å². The van der Waals surface area contributed by atoms with Crippen LogP contribution >= 0.6 is 0 Å². The monoisotopic (exact) mass is 480 g/mol. The average Bonchev–Trinajstić information content (AvgIpc) is 2.86. The Morgan fingerprint density at radius 3 is 2.50 bits per heavy atom. The molecule has 36 heavy (non-hydrogen) atoms. The minimum atomic E-state index is -0.307. The molecule has 4 heterocycles. The highest BCUT2D eigenvalue weighted by molar-refractivity contribution is 5.99. The summed E-state index contributed by atoms with van der Waals surface area (Å²) in [7, 11) is 0. The molecule has 2 amide bonds. The number of likely N-dealkylation sites (tertiary alicyclic amines) is 1. The molecule has 10 heteroatoms. The Labute approximate surface area is 207 Å². The third kappa shape index (κ3) is 4.97. The normalized spacial score (nSPS) is 13.1. The van der Waals surface area contributed by atoms with Crippen LogP contribution in [0.25, 0.3) is 22.3 Å². The predicted molar refractivity (Wildman–Crippen MR) is 139 cm³/mol. The lowest BCUT2D eigenvalue weighted by Crippen LogP contribution is -2.56. The summed E-state index contributed by atoms with van der Waals surface area (Å²) in [6.07, 6.45) is 6.21. The summed E-state index contributed by atoms with van der Waals surface area (Å²) in [6.45, 7) is 6.49. The van der Waals surface area contributed by atoms with Crippen LogP contribution in [0.4, 0.5) is 23.0 Å². The third-order valence-electron chi connectivity index (χ3n) is 5.79. The topological polar surface area (TPSA) is 125 Å². The number of nitrogens with one attached hydrogen (secondary N) is 3. The molecular formula is C26H24N8O2. The maximum absolute atomic E-state index is 11.7. The van der Waals surface area contributed by atoms with E-state index >= 15 is 0 Å². The second kappa shape index (κ2) is 9.79. The maximum Gasteiger partial charge on any atom is 0.247 e. The van der Waals surface area contributed by atoms with Crippen molar-refractivity contribution in [3.05, 3.63) is 73.7 Å². The Morgan fingerprint density at radius 2 is 1.75 bits per heavy atom. The van der Waals surface area contributed by atoms with Gasteiger partial charge in [0.15, 0.2) is 0 Å². The van der Waals surface area contributed by atoms with Gasteiger partial charge in [0, 0.05) is 61.1 Å². The molecule has 0 bridgehead atoms. The van der Waals surface area contributed by atoms with Crippen molar-refractivity contribution >= 4 is 45.7 Å². The number of anilines is 4. The molecule has 4 aromatic rings. The van der Waals surface area contributed by atoms with Crippen LogP contribution in [-0.4, -0.2) is 55.8 Å². The number of nitrogens with zero attached hydrogens (tertiary/aromatic N) is 5. The molecule has 180 valence electrons. The van der Waals surface area contributed by atoms with E-state index < -0.39 is 0 Å². The van der Waals surface area contributed by atoms with Gasteiger partial charge < -0.3 is 20.9 Å². The summed E-state index contributed by atoms with van der Waals surface area (Å²) in [5, 5.41) is 10.2.